The van der Waals surface area contributed by atoms with Gasteiger partial charge >= 0.3 is 0 Å². The summed E-state index contributed by atoms with van der Waals surface area (Å²) in [5, 5.41) is 3.04. The summed E-state index contributed by atoms with van der Waals surface area (Å²) in [4.78, 5) is 0. The Kier molecular flexibility index (Phi) is 3.86. The van der Waals surface area contributed by atoms with Gasteiger partial charge in [-0.1, -0.05) is 19.1 Å². The van der Waals surface area contributed by atoms with E-state index in [1.165, 1.54) is 5.56 Å². The van der Waals surface area contributed by atoms with Crippen molar-refractivity contribution >= 4 is 22.9 Å². The standard InChI is InChI=1S/C13H13ClOS/c1-2-11-7-8-16-13(11)15-12-5-3-10(9-14)4-6-12/h3-8H,2,9H2,1H3. The molecule has 0 spiro atoms. The Balaban J connectivity index is 2.14. The molecule has 0 N–H and O–H groups in total. The zero-order valence-corrected chi connectivity index (χ0v) is 10.6. The van der Waals surface area contributed by atoms with Gasteiger partial charge in [0.05, 0.1) is 0 Å². The number of benzene rings is 1. The Morgan fingerprint density at radius 1 is 1.19 bits per heavy atom. The highest BCUT2D eigenvalue weighted by molar-refractivity contribution is 7.12. The van der Waals surface area contributed by atoms with Crippen molar-refractivity contribution in [3.63, 3.8) is 0 Å². The van der Waals surface area contributed by atoms with Gasteiger partial charge in [-0.3, -0.25) is 0 Å². The van der Waals surface area contributed by atoms with Crippen molar-refractivity contribution in [1.29, 1.82) is 0 Å². The number of ether oxygens (including phenoxy) is 1. The van der Waals surface area contributed by atoms with Crippen LogP contribution in [-0.2, 0) is 12.3 Å². The fraction of sp³-hybridized carbons (Fsp3) is 0.231. The van der Waals surface area contributed by atoms with Crippen molar-refractivity contribution < 1.29 is 4.74 Å². The SMILES string of the molecule is CCc1ccsc1Oc1ccc(CCl)cc1. The molecular formula is C13H13ClOS. The molecule has 1 heterocycles. The van der Waals surface area contributed by atoms with E-state index < -0.39 is 0 Å². The van der Waals surface area contributed by atoms with Crippen molar-refractivity contribution in [3.05, 3.63) is 46.8 Å². The highest BCUT2D eigenvalue weighted by Crippen LogP contribution is 2.31. The maximum atomic E-state index is 5.82. The summed E-state index contributed by atoms with van der Waals surface area (Å²) in [7, 11) is 0. The minimum absolute atomic E-state index is 0.541. The number of thiophene rings is 1. The summed E-state index contributed by atoms with van der Waals surface area (Å²) in [6.45, 7) is 2.13. The van der Waals surface area contributed by atoms with Crippen LogP contribution in [-0.4, -0.2) is 0 Å². The molecule has 0 bridgehead atoms. The number of alkyl halides is 1. The van der Waals surface area contributed by atoms with Gasteiger partial charge in [0.25, 0.3) is 0 Å². The third kappa shape index (κ3) is 2.57. The van der Waals surface area contributed by atoms with E-state index in [9.17, 15) is 0 Å². The van der Waals surface area contributed by atoms with Gasteiger partial charge in [0.2, 0.25) is 0 Å². The van der Waals surface area contributed by atoms with Gasteiger partial charge in [0, 0.05) is 11.4 Å². The van der Waals surface area contributed by atoms with E-state index in [0.29, 0.717) is 5.88 Å². The predicted molar refractivity (Wildman–Crippen MR) is 69.8 cm³/mol. The molecule has 1 aromatic heterocycles. The summed E-state index contributed by atoms with van der Waals surface area (Å²) in [5.74, 6) is 1.41. The molecule has 1 aromatic carbocycles. The highest BCUT2D eigenvalue weighted by atomic mass is 35.5. The number of rotatable bonds is 4. The van der Waals surface area contributed by atoms with E-state index in [1.807, 2.05) is 24.3 Å². The molecule has 84 valence electrons. The zero-order valence-electron chi connectivity index (χ0n) is 9.07. The van der Waals surface area contributed by atoms with Crippen molar-refractivity contribution in [2.45, 2.75) is 19.2 Å². The van der Waals surface area contributed by atoms with E-state index in [-0.39, 0.29) is 0 Å². The maximum Gasteiger partial charge on any atom is 0.184 e. The molecule has 2 rings (SSSR count). The van der Waals surface area contributed by atoms with Crippen LogP contribution in [0.15, 0.2) is 35.7 Å². The monoisotopic (exact) mass is 252 g/mol. The average molecular weight is 253 g/mol. The normalized spacial score (nSPS) is 10.4. The molecule has 0 radical (unpaired) electrons. The Bertz CT molecular complexity index is 447. The van der Waals surface area contributed by atoms with E-state index in [2.05, 4.69) is 18.4 Å². The summed E-state index contributed by atoms with van der Waals surface area (Å²) >= 11 is 7.36. The van der Waals surface area contributed by atoms with Crippen molar-refractivity contribution in [2.24, 2.45) is 0 Å². The van der Waals surface area contributed by atoms with Crippen LogP contribution in [0.4, 0.5) is 0 Å². The van der Waals surface area contributed by atoms with Gasteiger partial charge in [-0.25, -0.2) is 0 Å². The highest BCUT2D eigenvalue weighted by Gasteiger charge is 2.04. The van der Waals surface area contributed by atoms with Gasteiger partial charge in [-0.2, -0.15) is 0 Å². The summed E-state index contributed by atoms with van der Waals surface area (Å²) in [5.41, 5.74) is 2.36. The molecule has 0 amide bonds. The molecule has 0 aliphatic carbocycles. The zero-order chi connectivity index (χ0) is 11.4. The second-order valence-electron chi connectivity index (χ2n) is 3.47. The number of hydrogen-bond acceptors (Lipinski definition) is 2. The molecule has 0 saturated heterocycles. The minimum Gasteiger partial charge on any atom is -0.446 e. The Hall–Kier alpha value is -0.990. The number of hydrogen-bond donors (Lipinski definition) is 0. The van der Waals surface area contributed by atoms with Crippen molar-refractivity contribution in [3.8, 4) is 10.8 Å². The number of halogens is 1. The molecular weight excluding hydrogens is 240 g/mol. The molecule has 3 heteroatoms. The van der Waals surface area contributed by atoms with E-state index in [4.69, 9.17) is 16.3 Å². The largest absolute Gasteiger partial charge is 0.446 e. The second-order valence-corrected chi connectivity index (χ2v) is 4.61. The van der Waals surface area contributed by atoms with Crippen LogP contribution >= 0.6 is 22.9 Å². The van der Waals surface area contributed by atoms with Crippen LogP contribution in [0.25, 0.3) is 0 Å². The predicted octanol–water partition coefficient (Wildman–Crippen LogP) is 4.84. The average Bonchev–Trinajstić information content (AvgIpc) is 2.77. The van der Waals surface area contributed by atoms with E-state index >= 15 is 0 Å². The van der Waals surface area contributed by atoms with Crippen LogP contribution in [0.2, 0.25) is 0 Å². The smallest absolute Gasteiger partial charge is 0.184 e. The summed E-state index contributed by atoms with van der Waals surface area (Å²) in [6.07, 6.45) is 0.999. The Labute approximate surface area is 105 Å². The summed E-state index contributed by atoms with van der Waals surface area (Å²) in [6, 6.07) is 9.99. The maximum absolute atomic E-state index is 5.82. The van der Waals surface area contributed by atoms with E-state index in [0.717, 1.165) is 22.8 Å². The van der Waals surface area contributed by atoms with Crippen LogP contribution in [0, 0.1) is 0 Å². The number of aryl methyl sites for hydroxylation is 1. The van der Waals surface area contributed by atoms with Crippen LogP contribution < -0.4 is 4.74 Å². The topological polar surface area (TPSA) is 9.23 Å². The second kappa shape index (κ2) is 5.37. The molecule has 0 atom stereocenters. The molecule has 0 fully saturated rings. The molecule has 0 aliphatic rings. The lowest BCUT2D eigenvalue weighted by Crippen LogP contribution is -1.86. The molecule has 1 nitrogen and oxygen atoms in total. The minimum atomic E-state index is 0.541. The fourth-order valence-corrected chi connectivity index (χ4v) is 2.47. The van der Waals surface area contributed by atoms with Crippen molar-refractivity contribution in [1.82, 2.24) is 0 Å². The molecule has 0 saturated carbocycles. The quantitative estimate of drug-likeness (QED) is 0.708. The third-order valence-corrected chi connectivity index (χ3v) is 3.52. The lowest BCUT2D eigenvalue weighted by molar-refractivity contribution is 0.491. The Morgan fingerprint density at radius 3 is 2.56 bits per heavy atom. The van der Waals surface area contributed by atoms with Crippen LogP contribution in [0.3, 0.4) is 0 Å². The first kappa shape index (κ1) is 11.5. The van der Waals surface area contributed by atoms with E-state index in [1.54, 1.807) is 11.3 Å². The first-order valence-corrected chi connectivity index (χ1v) is 6.64. The third-order valence-electron chi connectivity index (χ3n) is 2.38. The van der Waals surface area contributed by atoms with Gasteiger partial charge < -0.3 is 4.74 Å². The van der Waals surface area contributed by atoms with Gasteiger partial charge in [0.15, 0.2) is 5.06 Å². The van der Waals surface area contributed by atoms with Crippen LogP contribution in [0.1, 0.15) is 18.1 Å². The molecule has 2 aromatic rings. The van der Waals surface area contributed by atoms with Gasteiger partial charge in [0.1, 0.15) is 5.75 Å². The molecule has 0 unspecified atom stereocenters. The lowest BCUT2D eigenvalue weighted by Gasteiger charge is -2.05. The van der Waals surface area contributed by atoms with Crippen molar-refractivity contribution in [2.75, 3.05) is 0 Å². The lowest BCUT2D eigenvalue weighted by atomic mass is 10.2. The summed E-state index contributed by atoms with van der Waals surface area (Å²) < 4.78 is 5.82. The molecule has 0 aliphatic heterocycles. The first-order valence-electron chi connectivity index (χ1n) is 5.22. The first-order chi connectivity index (χ1) is 7.83. The van der Waals surface area contributed by atoms with Crippen LogP contribution in [0.5, 0.6) is 10.8 Å². The molecule has 16 heavy (non-hydrogen) atoms. The van der Waals surface area contributed by atoms with Gasteiger partial charge in [-0.05, 0) is 35.6 Å². The van der Waals surface area contributed by atoms with Gasteiger partial charge in [-0.15, -0.1) is 22.9 Å². The fourth-order valence-electron chi connectivity index (χ4n) is 1.43. The Morgan fingerprint density at radius 2 is 1.94 bits per heavy atom.